The summed E-state index contributed by atoms with van der Waals surface area (Å²) in [5.41, 5.74) is 0. The van der Waals surface area contributed by atoms with Crippen LogP contribution >= 0.6 is 12.4 Å². The fraction of sp³-hybridized carbons (Fsp3) is 1.00. The summed E-state index contributed by atoms with van der Waals surface area (Å²) in [6, 6.07) is 0. The number of hydrogen-bond donors (Lipinski definition) is 0. The van der Waals surface area contributed by atoms with Crippen LogP contribution in [0.1, 0.15) is 44.6 Å². The van der Waals surface area contributed by atoms with Crippen molar-refractivity contribution in [3.8, 4) is 0 Å². The van der Waals surface area contributed by atoms with Crippen LogP contribution < -0.4 is 0 Å². The lowest BCUT2D eigenvalue weighted by atomic mass is 12.0. The molecule has 0 saturated heterocycles. The Morgan fingerprint density at radius 3 is 0.286 bits per heavy atom. The van der Waals surface area contributed by atoms with E-state index in [1.54, 1.807) is 0 Å². The highest BCUT2D eigenvalue weighted by molar-refractivity contribution is 5.85. The largest absolute Gasteiger partial charge is 0.147 e. The van der Waals surface area contributed by atoms with Gasteiger partial charge < -0.3 is 0 Å². The summed E-state index contributed by atoms with van der Waals surface area (Å²) < 4.78 is 0. The average molecular weight is 133 g/mol. The maximum atomic E-state index is 0. The Morgan fingerprint density at radius 1 is 0.286 bits per heavy atom. The summed E-state index contributed by atoms with van der Waals surface area (Å²) in [6.07, 6.45) is 0. The summed E-state index contributed by atoms with van der Waals surface area (Å²) in [5.74, 6) is 0. The first-order valence-corrected chi connectivity index (χ1v) is 0. The zero-order valence-electron chi connectivity index (χ0n) is 0.408. The van der Waals surface area contributed by atoms with Crippen molar-refractivity contribution in [3.63, 3.8) is 0 Å². The Labute approximate surface area is 57.7 Å². The molecule has 0 unspecified atom stereocenters. The molecule has 0 fully saturated rings. The average Bonchev–Trinajstić information content (AvgIpc) is 0. The first-order chi connectivity index (χ1) is 0. The minimum Gasteiger partial charge on any atom is -0.147 e. The molecular weight excluding hydrogens is 108 g/mol. The van der Waals surface area contributed by atoms with Gasteiger partial charge in [0.25, 0.3) is 0 Å². The fourth-order valence-corrected chi connectivity index (χ4v) is 0. The van der Waals surface area contributed by atoms with Crippen LogP contribution in [0.25, 0.3) is 0 Å². The minimum absolute atomic E-state index is 0. The molecule has 0 radical (unpaired) electrons. The lowest BCUT2D eigenvalue weighted by Crippen LogP contribution is 0.143. The highest BCUT2D eigenvalue weighted by Crippen LogP contribution is 0.690. The molecule has 0 aromatic heterocycles. The Bertz CT molecular complexity index is 4.14. The molecular formula is C6H25Cl. The van der Waals surface area contributed by atoms with Crippen LogP contribution in [0.2, 0.25) is 0 Å². The van der Waals surface area contributed by atoms with Crippen LogP contribution in [0.4, 0.5) is 0 Å². The standard InChI is InChI=1S/6CH4.ClH/h6*1H4;1H. The third-order valence-electron chi connectivity index (χ3n) is 0. The molecule has 0 aromatic rings. The van der Waals surface area contributed by atoms with E-state index < -0.39 is 0 Å². The van der Waals surface area contributed by atoms with Crippen LogP contribution in [0.15, 0.2) is 0 Å². The molecule has 0 spiro atoms. The number of rotatable bonds is 0. The van der Waals surface area contributed by atoms with Crippen LogP contribution in [0, 0.1) is 0 Å². The smallest absolute Gasteiger partial charge is 0.0776 e. The molecule has 0 bridgehead atoms. The van der Waals surface area contributed by atoms with E-state index in [9.17, 15) is 0 Å². The molecule has 1 heteroatoms. The van der Waals surface area contributed by atoms with Gasteiger partial charge in [-0.25, -0.2) is 0 Å². The molecule has 0 aliphatic rings. The number of hydrogen-bond acceptors (Lipinski definition) is 0. The molecule has 0 nitrogen and oxygen atoms in total. The molecule has 0 saturated carbocycles. The molecule has 0 aromatic carbocycles. The van der Waals surface area contributed by atoms with E-state index in [2.05, 4.69) is 0 Å². The second kappa shape index (κ2) is 2090. The number of halogens is 1. The van der Waals surface area contributed by atoms with Crippen molar-refractivity contribution in [3.05, 3.63) is 0 Å². The normalized spacial score (nSPS) is 0. The van der Waals surface area contributed by atoms with Crippen molar-refractivity contribution in [1.82, 2.24) is 0 Å². The maximum absolute atomic E-state index is 0. The second-order valence-electron chi connectivity index (χ2n) is 0. The zero-order chi connectivity index (χ0) is 0. The third kappa shape index (κ3) is 1380. The Hall–Kier alpha value is 0.290. The van der Waals surface area contributed by atoms with Crippen LogP contribution in [0.5, 0.6) is 0 Å². The van der Waals surface area contributed by atoms with E-state index in [1.807, 2.05) is 0 Å². The molecule has 0 N–H and O–H groups in total. The molecule has 0 rings (SSSR count). The topological polar surface area (TPSA) is 0 Å². The van der Waals surface area contributed by atoms with Gasteiger partial charge in [-0.15, -0.1) is 12.4 Å². The lowest BCUT2D eigenvalue weighted by molar-refractivity contribution is 2.50. The maximum Gasteiger partial charge on any atom is -0.0776 e. The molecule has 0 aliphatic heterocycles. The molecule has 0 atom stereocenters. The summed E-state index contributed by atoms with van der Waals surface area (Å²) in [4.78, 5) is 0. The minimum atomic E-state index is 0. The molecule has 7 heavy (non-hydrogen) atoms. The van der Waals surface area contributed by atoms with Gasteiger partial charge in [0.05, 0.1) is 0 Å². The van der Waals surface area contributed by atoms with Crippen molar-refractivity contribution >= 4 is 12.4 Å². The van der Waals surface area contributed by atoms with Gasteiger partial charge in [-0.3, -0.25) is 0 Å². The highest BCUT2D eigenvalue weighted by Gasteiger charge is -0.0725. The van der Waals surface area contributed by atoms with Crippen molar-refractivity contribution in [2.24, 2.45) is 0 Å². The van der Waals surface area contributed by atoms with Gasteiger partial charge in [0.15, 0.2) is 0 Å². The predicted molar refractivity (Wildman–Crippen MR) is 47.6 cm³/mol. The Balaban J connectivity index is 0. The van der Waals surface area contributed by atoms with Crippen molar-refractivity contribution in [2.45, 2.75) is 44.6 Å². The monoisotopic (exact) mass is 132 g/mol. The fourth-order valence-electron chi connectivity index (χ4n) is 0. The van der Waals surface area contributed by atoms with E-state index >= 15 is 0 Å². The first-order valence-electron chi connectivity index (χ1n) is 0. The van der Waals surface area contributed by atoms with Gasteiger partial charge in [0, 0.05) is 0 Å². The van der Waals surface area contributed by atoms with Crippen molar-refractivity contribution in [2.75, 3.05) is 0 Å². The summed E-state index contributed by atoms with van der Waals surface area (Å²) in [6.45, 7) is 0. The SMILES string of the molecule is C.C.C.C.C.C.Cl. The van der Waals surface area contributed by atoms with Crippen molar-refractivity contribution < 1.29 is 0 Å². The van der Waals surface area contributed by atoms with Gasteiger partial charge in [-0.05, 0) is 0 Å². The van der Waals surface area contributed by atoms with Crippen LogP contribution in [-0.4, -0.2) is 0 Å². The quantitative estimate of drug-likeness (QED) is 0.463. The van der Waals surface area contributed by atoms with E-state index in [-0.39, 0.29) is 57.0 Å². The van der Waals surface area contributed by atoms with Gasteiger partial charge in [-0.1, -0.05) is 44.6 Å². The van der Waals surface area contributed by atoms with E-state index in [0.29, 0.717) is 0 Å². The van der Waals surface area contributed by atoms with E-state index in [1.165, 1.54) is 0 Å². The molecule has 0 amide bonds. The Kier molecular flexibility index (Phi) is 1030000. The van der Waals surface area contributed by atoms with E-state index in [0.717, 1.165) is 0 Å². The van der Waals surface area contributed by atoms with Gasteiger partial charge in [0.1, 0.15) is 0 Å². The van der Waals surface area contributed by atoms with Crippen LogP contribution in [-0.2, 0) is 0 Å². The van der Waals surface area contributed by atoms with Gasteiger partial charge >= 0.3 is 0 Å². The Morgan fingerprint density at radius 2 is 0.286 bits per heavy atom. The zero-order valence-corrected chi connectivity index (χ0v) is 1.22. The summed E-state index contributed by atoms with van der Waals surface area (Å²) in [5, 5.41) is 0. The molecule has 0 aliphatic carbocycles. The summed E-state index contributed by atoms with van der Waals surface area (Å²) >= 11 is 0. The first kappa shape index (κ1) is 3430. The second-order valence-corrected chi connectivity index (χ2v) is 0. The van der Waals surface area contributed by atoms with Crippen LogP contribution in [0.3, 0.4) is 0 Å². The highest BCUT2D eigenvalue weighted by atomic mass is 35.5. The summed E-state index contributed by atoms with van der Waals surface area (Å²) in [7, 11) is 0. The lowest BCUT2D eigenvalue weighted by Gasteiger charge is -0.147. The predicted octanol–water partition coefficient (Wildman–Crippen LogP) is 4.24. The molecule has 56 valence electrons. The van der Waals surface area contributed by atoms with Crippen molar-refractivity contribution in [1.29, 1.82) is 0 Å². The third-order valence-corrected chi connectivity index (χ3v) is 0. The van der Waals surface area contributed by atoms with E-state index in [4.69, 9.17) is 0 Å². The molecule has 0 heterocycles. The van der Waals surface area contributed by atoms with Gasteiger partial charge in [-0.2, -0.15) is 0 Å². The van der Waals surface area contributed by atoms with Gasteiger partial charge in [0.2, 0.25) is 0 Å².